The summed E-state index contributed by atoms with van der Waals surface area (Å²) in [5.41, 5.74) is 1.88. The van der Waals surface area contributed by atoms with E-state index in [0.717, 1.165) is 47.0 Å². The van der Waals surface area contributed by atoms with Gasteiger partial charge in [-0.15, -0.1) is 11.3 Å². The van der Waals surface area contributed by atoms with Crippen LogP contribution in [0.4, 0.5) is 0 Å². The van der Waals surface area contributed by atoms with Crippen LogP contribution in [0.3, 0.4) is 0 Å². The van der Waals surface area contributed by atoms with Crippen molar-refractivity contribution in [2.24, 2.45) is 0 Å². The second kappa shape index (κ2) is 7.97. The maximum absolute atomic E-state index is 12.6. The van der Waals surface area contributed by atoms with Crippen LogP contribution in [0.5, 0.6) is 11.5 Å². The Morgan fingerprint density at radius 3 is 3.00 bits per heavy atom. The Hall–Kier alpha value is -2.31. The van der Waals surface area contributed by atoms with Crippen LogP contribution in [0.2, 0.25) is 0 Å². The molecule has 0 spiro atoms. The van der Waals surface area contributed by atoms with Gasteiger partial charge >= 0.3 is 0 Å². The Bertz CT molecular complexity index is 1120. The summed E-state index contributed by atoms with van der Waals surface area (Å²) in [7, 11) is 1.61. The molecule has 3 aromatic rings. The SMILES string of the molecule is CCCOc1cc(/C=C(\Cl)c2nc3sc4c(c3c(=O)[nH]2)CCC4)ccc1OC. The molecule has 0 saturated carbocycles. The molecular formula is C21H21ClN2O3S. The van der Waals surface area contributed by atoms with Crippen molar-refractivity contribution in [1.82, 2.24) is 9.97 Å². The van der Waals surface area contributed by atoms with Gasteiger partial charge in [0.15, 0.2) is 17.3 Å². The standard InChI is InChI=1S/C21H21ClN2O3S/c1-3-9-27-16-11-12(7-8-15(16)26-2)10-14(22)19-23-20(25)18-13-5-4-6-17(13)28-21(18)24-19/h7-8,10-11H,3-6,9H2,1-2H3,(H,23,24,25)/b14-10-. The molecule has 0 fully saturated rings. The first kappa shape index (κ1) is 19.0. The molecule has 0 amide bonds. The number of aromatic amines is 1. The summed E-state index contributed by atoms with van der Waals surface area (Å²) < 4.78 is 11.1. The molecule has 4 rings (SSSR count). The van der Waals surface area contributed by atoms with Crippen LogP contribution in [-0.2, 0) is 12.8 Å². The second-order valence-corrected chi connectivity index (χ2v) is 8.19. The molecule has 0 unspecified atom stereocenters. The second-order valence-electron chi connectivity index (χ2n) is 6.70. The topological polar surface area (TPSA) is 64.2 Å². The molecule has 0 saturated heterocycles. The van der Waals surface area contributed by atoms with E-state index in [9.17, 15) is 4.79 Å². The van der Waals surface area contributed by atoms with Crippen LogP contribution in [0.25, 0.3) is 21.3 Å². The first-order chi connectivity index (χ1) is 13.6. The Morgan fingerprint density at radius 1 is 1.36 bits per heavy atom. The van der Waals surface area contributed by atoms with Crippen molar-refractivity contribution in [3.05, 3.63) is 50.4 Å². The zero-order valence-electron chi connectivity index (χ0n) is 15.8. The average molecular weight is 417 g/mol. The predicted octanol–water partition coefficient (Wildman–Crippen LogP) is 5.01. The van der Waals surface area contributed by atoms with Crippen LogP contribution >= 0.6 is 22.9 Å². The molecule has 0 radical (unpaired) electrons. The number of H-pyrrole nitrogens is 1. The quantitative estimate of drug-likeness (QED) is 0.613. The van der Waals surface area contributed by atoms with Gasteiger partial charge in [0.25, 0.3) is 5.56 Å². The molecule has 2 heterocycles. The number of halogens is 1. The number of hydrogen-bond acceptors (Lipinski definition) is 5. The van der Waals surface area contributed by atoms with E-state index in [0.29, 0.717) is 29.0 Å². The first-order valence-corrected chi connectivity index (χ1v) is 10.5. The molecule has 5 nitrogen and oxygen atoms in total. The fourth-order valence-electron chi connectivity index (χ4n) is 3.44. The first-order valence-electron chi connectivity index (χ1n) is 9.33. The van der Waals surface area contributed by atoms with Gasteiger partial charge < -0.3 is 14.5 Å². The van der Waals surface area contributed by atoms with Gasteiger partial charge in [-0.1, -0.05) is 24.6 Å². The summed E-state index contributed by atoms with van der Waals surface area (Å²) in [4.78, 5) is 22.1. The van der Waals surface area contributed by atoms with Gasteiger partial charge in [0.2, 0.25) is 0 Å². The highest BCUT2D eigenvalue weighted by atomic mass is 35.5. The monoisotopic (exact) mass is 416 g/mol. The Balaban J connectivity index is 1.70. The van der Waals surface area contributed by atoms with Crippen LogP contribution in [-0.4, -0.2) is 23.7 Å². The lowest BCUT2D eigenvalue weighted by Gasteiger charge is -2.10. The number of nitrogens with one attached hydrogen (secondary N) is 1. The lowest BCUT2D eigenvalue weighted by Crippen LogP contribution is -2.10. The van der Waals surface area contributed by atoms with E-state index in [4.69, 9.17) is 21.1 Å². The van der Waals surface area contributed by atoms with E-state index < -0.39 is 0 Å². The summed E-state index contributed by atoms with van der Waals surface area (Å²) in [6.45, 7) is 2.65. The lowest BCUT2D eigenvalue weighted by atomic mass is 10.1. The number of aromatic nitrogens is 2. The molecular weight excluding hydrogens is 396 g/mol. The van der Waals surface area contributed by atoms with E-state index in [1.165, 1.54) is 4.88 Å². The summed E-state index contributed by atoms with van der Waals surface area (Å²) in [6, 6.07) is 5.59. The maximum Gasteiger partial charge on any atom is 0.260 e. The number of thiophene rings is 1. The third kappa shape index (κ3) is 3.54. The van der Waals surface area contributed by atoms with Gasteiger partial charge in [0, 0.05) is 4.88 Å². The van der Waals surface area contributed by atoms with E-state index >= 15 is 0 Å². The van der Waals surface area contributed by atoms with Crippen molar-refractivity contribution in [2.45, 2.75) is 32.6 Å². The fraction of sp³-hybridized carbons (Fsp3) is 0.333. The van der Waals surface area contributed by atoms with Gasteiger partial charge in [-0.05, 0) is 55.0 Å². The highest BCUT2D eigenvalue weighted by molar-refractivity contribution is 7.18. The molecule has 0 atom stereocenters. The minimum Gasteiger partial charge on any atom is -0.493 e. The highest BCUT2D eigenvalue weighted by Crippen LogP contribution is 2.35. The maximum atomic E-state index is 12.6. The lowest BCUT2D eigenvalue weighted by molar-refractivity contribution is 0.294. The van der Waals surface area contributed by atoms with Crippen LogP contribution in [0.15, 0.2) is 23.0 Å². The molecule has 1 N–H and O–H groups in total. The molecule has 1 aromatic carbocycles. The molecule has 0 aliphatic heterocycles. The zero-order chi connectivity index (χ0) is 19.7. The van der Waals surface area contributed by atoms with E-state index in [1.54, 1.807) is 24.5 Å². The summed E-state index contributed by atoms with van der Waals surface area (Å²) in [5.74, 6) is 1.71. The van der Waals surface area contributed by atoms with Crippen LogP contribution < -0.4 is 15.0 Å². The number of aryl methyl sites for hydroxylation is 2. The number of fused-ring (bicyclic) bond motifs is 3. The zero-order valence-corrected chi connectivity index (χ0v) is 17.4. The number of rotatable bonds is 6. The normalized spacial score (nSPS) is 13.8. The van der Waals surface area contributed by atoms with E-state index in [-0.39, 0.29) is 5.56 Å². The molecule has 146 valence electrons. The van der Waals surface area contributed by atoms with Crippen molar-refractivity contribution in [1.29, 1.82) is 0 Å². The minimum absolute atomic E-state index is 0.118. The van der Waals surface area contributed by atoms with Crippen LogP contribution in [0.1, 0.15) is 41.6 Å². The van der Waals surface area contributed by atoms with Crippen molar-refractivity contribution in [2.75, 3.05) is 13.7 Å². The van der Waals surface area contributed by atoms with Gasteiger partial charge in [-0.2, -0.15) is 0 Å². The third-order valence-corrected chi connectivity index (χ3v) is 6.22. The Labute approximate surface area is 172 Å². The van der Waals surface area contributed by atoms with Crippen molar-refractivity contribution < 1.29 is 9.47 Å². The number of benzene rings is 1. The van der Waals surface area contributed by atoms with Crippen LogP contribution in [0, 0.1) is 0 Å². The Morgan fingerprint density at radius 2 is 2.21 bits per heavy atom. The van der Waals surface area contributed by atoms with Gasteiger partial charge in [-0.3, -0.25) is 4.79 Å². The third-order valence-electron chi connectivity index (χ3n) is 4.74. The summed E-state index contributed by atoms with van der Waals surface area (Å²) >= 11 is 8.10. The number of ether oxygens (including phenoxy) is 2. The number of methoxy groups -OCH3 is 1. The van der Waals surface area contributed by atoms with Crippen molar-refractivity contribution in [3.8, 4) is 11.5 Å². The number of hydrogen-bond donors (Lipinski definition) is 1. The largest absolute Gasteiger partial charge is 0.493 e. The molecule has 28 heavy (non-hydrogen) atoms. The predicted molar refractivity (Wildman–Crippen MR) is 115 cm³/mol. The fourth-order valence-corrected chi connectivity index (χ4v) is 4.92. The van der Waals surface area contributed by atoms with Gasteiger partial charge in [0.1, 0.15) is 4.83 Å². The molecule has 0 bridgehead atoms. The summed E-state index contributed by atoms with van der Waals surface area (Å²) in [6.07, 6.45) is 5.76. The number of nitrogens with zero attached hydrogens (tertiary/aromatic N) is 1. The Kier molecular flexibility index (Phi) is 5.42. The van der Waals surface area contributed by atoms with Crippen molar-refractivity contribution >= 4 is 44.3 Å². The minimum atomic E-state index is -0.118. The molecule has 1 aliphatic rings. The van der Waals surface area contributed by atoms with Gasteiger partial charge in [-0.25, -0.2) is 4.98 Å². The molecule has 1 aliphatic carbocycles. The molecule has 2 aromatic heterocycles. The van der Waals surface area contributed by atoms with Gasteiger partial charge in [0.05, 0.1) is 24.1 Å². The smallest absolute Gasteiger partial charge is 0.260 e. The van der Waals surface area contributed by atoms with E-state index in [2.05, 4.69) is 9.97 Å². The average Bonchev–Trinajstić information content (AvgIpc) is 3.27. The van der Waals surface area contributed by atoms with Crippen molar-refractivity contribution in [3.63, 3.8) is 0 Å². The highest BCUT2D eigenvalue weighted by Gasteiger charge is 2.21. The molecule has 7 heteroatoms. The summed E-state index contributed by atoms with van der Waals surface area (Å²) in [5, 5.41) is 1.10. The van der Waals surface area contributed by atoms with E-state index in [1.807, 2.05) is 25.1 Å².